The lowest BCUT2D eigenvalue weighted by atomic mass is 10.1. The van der Waals surface area contributed by atoms with Crippen LogP contribution in [0, 0.1) is 17.0 Å². The summed E-state index contributed by atoms with van der Waals surface area (Å²) in [7, 11) is 0. The fraction of sp³-hybridized carbons (Fsp3) is 0.316. The highest BCUT2D eigenvalue weighted by atomic mass is 16.6. The molecule has 0 spiro atoms. The van der Waals surface area contributed by atoms with Crippen molar-refractivity contribution >= 4 is 23.0 Å². The summed E-state index contributed by atoms with van der Waals surface area (Å²) in [6.07, 6.45) is 2.43. The number of carbonyl (C=O) groups excluding carboxylic acids is 1. The summed E-state index contributed by atoms with van der Waals surface area (Å²) in [5.41, 5.74) is 2.82. The Bertz CT molecular complexity index is 816. The molecule has 0 bridgehead atoms. The standard InChI is InChI=1S/C19H21N3O4/c1-14-11-15(21-9-2-3-10-21)7-8-18(14)20-19(23)13-26-17-6-4-5-16(12-17)22(24)25/h4-8,11-12H,2-3,9-10,13H2,1H3,(H,20,23). The van der Waals surface area contributed by atoms with Gasteiger partial charge in [0, 0.05) is 30.5 Å². The van der Waals surface area contributed by atoms with Gasteiger partial charge in [-0.2, -0.15) is 0 Å². The first-order chi connectivity index (χ1) is 12.5. The molecule has 1 aliphatic rings. The molecule has 0 aliphatic carbocycles. The number of hydrogen-bond donors (Lipinski definition) is 1. The third-order valence-corrected chi connectivity index (χ3v) is 4.35. The molecule has 0 radical (unpaired) electrons. The van der Waals surface area contributed by atoms with E-state index in [4.69, 9.17) is 4.74 Å². The van der Waals surface area contributed by atoms with Gasteiger partial charge in [-0.15, -0.1) is 0 Å². The number of hydrogen-bond acceptors (Lipinski definition) is 5. The second-order valence-corrected chi connectivity index (χ2v) is 6.28. The quantitative estimate of drug-likeness (QED) is 0.633. The number of aryl methyl sites for hydroxylation is 1. The molecular formula is C19H21N3O4. The molecule has 0 saturated carbocycles. The number of carbonyl (C=O) groups is 1. The maximum absolute atomic E-state index is 12.1. The summed E-state index contributed by atoms with van der Waals surface area (Å²) >= 11 is 0. The van der Waals surface area contributed by atoms with Crippen LogP contribution in [0.4, 0.5) is 17.1 Å². The Kier molecular flexibility index (Phi) is 5.36. The van der Waals surface area contributed by atoms with Crippen LogP contribution in [-0.4, -0.2) is 30.5 Å². The molecule has 2 aromatic carbocycles. The molecule has 1 heterocycles. The molecule has 1 saturated heterocycles. The van der Waals surface area contributed by atoms with E-state index in [1.165, 1.54) is 36.7 Å². The van der Waals surface area contributed by atoms with Crippen LogP contribution in [0.2, 0.25) is 0 Å². The topological polar surface area (TPSA) is 84.7 Å². The normalized spacial score (nSPS) is 13.5. The maximum atomic E-state index is 12.1. The largest absolute Gasteiger partial charge is 0.484 e. The van der Waals surface area contributed by atoms with E-state index in [0.29, 0.717) is 0 Å². The first kappa shape index (κ1) is 17.7. The van der Waals surface area contributed by atoms with Crippen LogP contribution in [0.1, 0.15) is 18.4 Å². The van der Waals surface area contributed by atoms with Crippen LogP contribution in [0.3, 0.4) is 0 Å². The zero-order valence-electron chi connectivity index (χ0n) is 14.6. The molecule has 0 aromatic heterocycles. The van der Waals surface area contributed by atoms with Crippen molar-refractivity contribution in [3.8, 4) is 5.75 Å². The molecule has 26 heavy (non-hydrogen) atoms. The number of non-ortho nitro benzene ring substituents is 1. The summed E-state index contributed by atoms with van der Waals surface area (Å²) in [6, 6.07) is 11.7. The first-order valence-electron chi connectivity index (χ1n) is 8.55. The van der Waals surface area contributed by atoms with Gasteiger partial charge < -0.3 is 15.0 Å². The molecule has 7 nitrogen and oxygen atoms in total. The Morgan fingerprint density at radius 1 is 1.23 bits per heavy atom. The zero-order valence-corrected chi connectivity index (χ0v) is 14.6. The molecule has 1 fully saturated rings. The van der Waals surface area contributed by atoms with E-state index in [0.717, 1.165) is 24.3 Å². The Morgan fingerprint density at radius 3 is 2.69 bits per heavy atom. The average molecular weight is 355 g/mol. The van der Waals surface area contributed by atoms with E-state index >= 15 is 0 Å². The lowest BCUT2D eigenvalue weighted by Gasteiger charge is -2.19. The summed E-state index contributed by atoms with van der Waals surface area (Å²) in [5, 5.41) is 13.6. The van der Waals surface area contributed by atoms with Gasteiger partial charge in [0.15, 0.2) is 6.61 Å². The van der Waals surface area contributed by atoms with Gasteiger partial charge in [-0.05, 0) is 49.6 Å². The smallest absolute Gasteiger partial charge is 0.273 e. The van der Waals surface area contributed by atoms with E-state index in [-0.39, 0.29) is 24.0 Å². The van der Waals surface area contributed by atoms with Gasteiger partial charge in [0.05, 0.1) is 11.0 Å². The number of ether oxygens (including phenoxy) is 1. The number of nitrogens with zero attached hydrogens (tertiary/aromatic N) is 2. The fourth-order valence-electron chi connectivity index (χ4n) is 2.98. The highest BCUT2D eigenvalue weighted by Crippen LogP contribution is 2.25. The van der Waals surface area contributed by atoms with E-state index in [1.807, 2.05) is 19.1 Å². The number of amides is 1. The van der Waals surface area contributed by atoms with Crippen LogP contribution in [0.25, 0.3) is 0 Å². The zero-order chi connectivity index (χ0) is 18.5. The highest BCUT2D eigenvalue weighted by Gasteiger charge is 2.14. The molecule has 0 unspecified atom stereocenters. The van der Waals surface area contributed by atoms with Crippen LogP contribution in [0.5, 0.6) is 5.75 Å². The number of rotatable bonds is 6. The van der Waals surface area contributed by atoms with E-state index in [2.05, 4.69) is 16.3 Å². The number of anilines is 2. The Labute approximate surface area is 151 Å². The van der Waals surface area contributed by atoms with Crippen molar-refractivity contribution in [3.05, 3.63) is 58.1 Å². The second-order valence-electron chi connectivity index (χ2n) is 6.28. The number of nitrogens with one attached hydrogen (secondary N) is 1. The van der Waals surface area contributed by atoms with Crippen LogP contribution in [-0.2, 0) is 4.79 Å². The lowest BCUT2D eigenvalue weighted by molar-refractivity contribution is -0.384. The van der Waals surface area contributed by atoms with Gasteiger partial charge in [-0.25, -0.2) is 0 Å². The van der Waals surface area contributed by atoms with Crippen LogP contribution in [0.15, 0.2) is 42.5 Å². The number of nitro benzene ring substituents is 1. The molecule has 1 N–H and O–H groups in total. The van der Waals surface area contributed by atoms with Crippen molar-refractivity contribution in [2.24, 2.45) is 0 Å². The maximum Gasteiger partial charge on any atom is 0.273 e. The van der Waals surface area contributed by atoms with Gasteiger partial charge >= 0.3 is 0 Å². The molecule has 1 aliphatic heterocycles. The third kappa shape index (κ3) is 4.30. The summed E-state index contributed by atoms with van der Waals surface area (Å²) in [6.45, 7) is 3.88. The van der Waals surface area contributed by atoms with Crippen molar-refractivity contribution in [2.75, 3.05) is 29.9 Å². The second kappa shape index (κ2) is 7.86. The Hall–Kier alpha value is -3.09. The lowest BCUT2D eigenvalue weighted by Crippen LogP contribution is -2.21. The van der Waals surface area contributed by atoms with Gasteiger partial charge in [-0.1, -0.05) is 6.07 Å². The number of nitro groups is 1. The van der Waals surface area contributed by atoms with Gasteiger partial charge in [-0.3, -0.25) is 14.9 Å². The Morgan fingerprint density at radius 2 is 2.00 bits per heavy atom. The average Bonchev–Trinajstić information content (AvgIpc) is 3.16. The summed E-state index contributed by atoms with van der Waals surface area (Å²) in [4.78, 5) is 24.7. The SMILES string of the molecule is Cc1cc(N2CCCC2)ccc1NC(=O)COc1cccc([N+](=O)[O-])c1. The van der Waals surface area contributed by atoms with Crippen molar-refractivity contribution < 1.29 is 14.5 Å². The molecule has 7 heteroatoms. The minimum Gasteiger partial charge on any atom is -0.484 e. The van der Waals surface area contributed by atoms with Gasteiger partial charge in [0.1, 0.15) is 5.75 Å². The minimum absolute atomic E-state index is 0.0729. The molecule has 3 rings (SSSR count). The molecule has 2 aromatic rings. The van der Waals surface area contributed by atoms with Crippen molar-refractivity contribution in [2.45, 2.75) is 19.8 Å². The molecule has 1 amide bonds. The summed E-state index contributed by atoms with van der Waals surface area (Å²) < 4.78 is 5.35. The van der Waals surface area contributed by atoms with Crippen molar-refractivity contribution in [1.29, 1.82) is 0 Å². The minimum atomic E-state index is -0.502. The van der Waals surface area contributed by atoms with Gasteiger partial charge in [0.2, 0.25) is 0 Å². The van der Waals surface area contributed by atoms with E-state index in [1.54, 1.807) is 6.07 Å². The molecular weight excluding hydrogens is 334 g/mol. The predicted octanol–water partition coefficient (Wildman–Crippen LogP) is 3.52. The van der Waals surface area contributed by atoms with E-state index in [9.17, 15) is 14.9 Å². The molecule has 136 valence electrons. The number of benzene rings is 2. The third-order valence-electron chi connectivity index (χ3n) is 4.35. The summed E-state index contributed by atoms with van der Waals surface area (Å²) in [5.74, 6) is -0.0241. The van der Waals surface area contributed by atoms with Crippen LogP contribution >= 0.6 is 0 Å². The van der Waals surface area contributed by atoms with Gasteiger partial charge in [0.25, 0.3) is 11.6 Å². The fourth-order valence-corrected chi connectivity index (χ4v) is 2.98. The monoisotopic (exact) mass is 355 g/mol. The van der Waals surface area contributed by atoms with Crippen molar-refractivity contribution in [1.82, 2.24) is 0 Å². The Balaban J connectivity index is 1.58. The van der Waals surface area contributed by atoms with E-state index < -0.39 is 4.92 Å². The highest BCUT2D eigenvalue weighted by molar-refractivity contribution is 5.92. The van der Waals surface area contributed by atoms with Crippen LogP contribution < -0.4 is 15.0 Å². The van der Waals surface area contributed by atoms with Crippen molar-refractivity contribution in [3.63, 3.8) is 0 Å². The first-order valence-corrected chi connectivity index (χ1v) is 8.55. The predicted molar refractivity (Wildman–Crippen MR) is 99.8 cm³/mol. The molecule has 0 atom stereocenters.